The predicted octanol–water partition coefficient (Wildman–Crippen LogP) is 3.64. The van der Waals surface area contributed by atoms with Crippen molar-refractivity contribution < 1.29 is 9.72 Å². The van der Waals surface area contributed by atoms with E-state index in [4.69, 9.17) is 11.6 Å². The van der Waals surface area contributed by atoms with Gasteiger partial charge in [-0.1, -0.05) is 27.5 Å². The summed E-state index contributed by atoms with van der Waals surface area (Å²) in [6.07, 6.45) is 2.91. The van der Waals surface area contributed by atoms with Gasteiger partial charge in [0.2, 0.25) is 0 Å². The Morgan fingerprint density at radius 2 is 2.25 bits per heavy atom. The van der Waals surface area contributed by atoms with Gasteiger partial charge in [0.25, 0.3) is 11.6 Å². The molecule has 5 nitrogen and oxygen atoms in total. The molecular formula is C13H14BrClN2O3. The Morgan fingerprint density at radius 3 is 2.90 bits per heavy atom. The van der Waals surface area contributed by atoms with Crippen LogP contribution in [0.3, 0.4) is 0 Å². The molecule has 1 aliphatic heterocycles. The van der Waals surface area contributed by atoms with E-state index in [0.29, 0.717) is 11.9 Å². The van der Waals surface area contributed by atoms with E-state index >= 15 is 0 Å². The summed E-state index contributed by atoms with van der Waals surface area (Å²) >= 11 is 9.17. The number of alkyl halides is 1. The molecule has 108 valence electrons. The largest absolute Gasteiger partial charge is 0.335 e. The molecule has 0 saturated carbocycles. The van der Waals surface area contributed by atoms with Crippen LogP contribution in [0.2, 0.25) is 5.02 Å². The van der Waals surface area contributed by atoms with E-state index in [-0.39, 0.29) is 28.2 Å². The molecule has 1 amide bonds. The maximum absolute atomic E-state index is 12.6. The van der Waals surface area contributed by atoms with Gasteiger partial charge in [0, 0.05) is 29.0 Å². The second-order valence-corrected chi connectivity index (χ2v) is 5.80. The average Bonchev–Trinajstić information content (AvgIpc) is 2.46. The van der Waals surface area contributed by atoms with Crippen molar-refractivity contribution in [3.8, 4) is 0 Å². The first-order chi connectivity index (χ1) is 9.54. The molecule has 7 heteroatoms. The number of nitro benzene ring substituents is 1. The summed E-state index contributed by atoms with van der Waals surface area (Å²) in [4.78, 5) is 24.8. The molecule has 20 heavy (non-hydrogen) atoms. The molecule has 1 heterocycles. The van der Waals surface area contributed by atoms with Crippen LogP contribution in [-0.2, 0) is 0 Å². The van der Waals surface area contributed by atoms with Crippen molar-refractivity contribution in [2.45, 2.75) is 25.3 Å². The molecule has 2 rings (SSSR count). The lowest BCUT2D eigenvalue weighted by Crippen LogP contribution is -2.44. The van der Waals surface area contributed by atoms with Gasteiger partial charge < -0.3 is 4.90 Å². The second-order valence-electron chi connectivity index (χ2n) is 4.72. The van der Waals surface area contributed by atoms with Crippen LogP contribution in [0.4, 0.5) is 5.69 Å². The van der Waals surface area contributed by atoms with Crippen molar-refractivity contribution in [3.05, 3.63) is 38.9 Å². The molecule has 0 aliphatic carbocycles. The lowest BCUT2D eigenvalue weighted by atomic mass is 10.0. The summed E-state index contributed by atoms with van der Waals surface area (Å²) in [5.74, 6) is -0.294. The zero-order valence-electron chi connectivity index (χ0n) is 10.7. The summed E-state index contributed by atoms with van der Waals surface area (Å²) in [6, 6.07) is 4.26. The van der Waals surface area contributed by atoms with Gasteiger partial charge in [-0.3, -0.25) is 14.9 Å². The van der Waals surface area contributed by atoms with Crippen molar-refractivity contribution in [1.29, 1.82) is 0 Å². The van der Waals surface area contributed by atoms with Crippen LogP contribution in [-0.4, -0.2) is 33.6 Å². The molecule has 1 fully saturated rings. The molecule has 1 unspecified atom stereocenters. The third-order valence-electron chi connectivity index (χ3n) is 3.45. The van der Waals surface area contributed by atoms with E-state index in [1.807, 2.05) is 0 Å². The average molecular weight is 362 g/mol. The van der Waals surface area contributed by atoms with Crippen LogP contribution in [0.1, 0.15) is 29.6 Å². The number of hydrogen-bond donors (Lipinski definition) is 0. The fourth-order valence-corrected chi connectivity index (χ4v) is 3.26. The predicted molar refractivity (Wildman–Crippen MR) is 80.6 cm³/mol. The van der Waals surface area contributed by atoms with Gasteiger partial charge in [-0.2, -0.15) is 0 Å². The maximum atomic E-state index is 12.6. The first kappa shape index (κ1) is 15.3. The Morgan fingerprint density at radius 1 is 1.50 bits per heavy atom. The quantitative estimate of drug-likeness (QED) is 0.469. The topological polar surface area (TPSA) is 63.4 Å². The molecule has 0 aromatic heterocycles. The van der Waals surface area contributed by atoms with E-state index in [2.05, 4.69) is 15.9 Å². The summed E-state index contributed by atoms with van der Waals surface area (Å²) in [7, 11) is 0. The van der Waals surface area contributed by atoms with Crippen LogP contribution in [0.5, 0.6) is 0 Å². The van der Waals surface area contributed by atoms with E-state index < -0.39 is 4.92 Å². The minimum atomic E-state index is -0.563. The first-order valence-electron chi connectivity index (χ1n) is 6.35. The van der Waals surface area contributed by atoms with E-state index in [1.54, 1.807) is 4.90 Å². The number of carbonyl (C=O) groups excluding carboxylic acids is 1. The summed E-state index contributed by atoms with van der Waals surface area (Å²) < 4.78 is 0. The highest BCUT2D eigenvalue weighted by Gasteiger charge is 2.30. The van der Waals surface area contributed by atoms with Crippen molar-refractivity contribution >= 4 is 39.1 Å². The Kier molecular flexibility index (Phi) is 4.99. The normalized spacial score (nSPS) is 18.9. The smallest absolute Gasteiger partial charge is 0.283 e. The van der Waals surface area contributed by atoms with Gasteiger partial charge in [-0.05, 0) is 31.4 Å². The third kappa shape index (κ3) is 3.12. The van der Waals surface area contributed by atoms with Crippen LogP contribution >= 0.6 is 27.5 Å². The summed E-state index contributed by atoms with van der Waals surface area (Å²) in [5.41, 5.74) is -0.131. The molecule has 1 saturated heterocycles. The number of nitrogens with zero attached hydrogens (tertiary/aromatic N) is 2. The van der Waals surface area contributed by atoms with E-state index in [9.17, 15) is 14.9 Å². The summed E-state index contributed by atoms with van der Waals surface area (Å²) in [6.45, 7) is 0.634. The molecule has 0 bridgehead atoms. The lowest BCUT2D eigenvalue weighted by Gasteiger charge is -2.34. The standard InChI is InChI=1S/C13H14BrClN2O3/c14-8-10-3-1-2-6-16(10)13(18)11-5-4-9(15)7-12(11)17(19)20/h4-5,7,10H,1-3,6,8H2. The zero-order chi connectivity index (χ0) is 14.7. The summed E-state index contributed by atoms with van der Waals surface area (Å²) in [5, 5.41) is 12.0. The first-order valence-corrected chi connectivity index (χ1v) is 7.85. The second kappa shape index (κ2) is 6.54. The number of hydrogen-bond acceptors (Lipinski definition) is 3. The van der Waals surface area contributed by atoms with Crippen molar-refractivity contribution in [3.63, 3.8) is 0 Å². The fraction of sp³-hybridized carbons (Fsp3) is 0.462. The Labute approximate surface area is 130 Å². The van der Waals surface area contributed by atoms with E-state index in [1.165, 1.54) is 18.2 Å². The van der Waals surface area contributed by atoms with Crippen molar-refractivity contribution in [2.75, 3.05) is 11.9 Å². The number of rotatable bonds is 3. The van der Waals surface area contributed by atoms with E-state index in [0.717, 1.165) is 19.3 Å². The van der Waals surface area contributed by atoms with Gasteiger partial charge in [-0.15, -0.1) is 0 Å². The minimum absolute atomic E-state index is 0.0894. The Balaban J connectivity index is 2.35. The molecule has 0 N–H and O–H groups in total. The SMILES string of the molecule is O=C(c1ccc(Cl)cc1[N+](=O)[O-])N1CCCCC1CBr. The van der Waals surface area contributed by atoms with Crippen LogP contribution < -0.4 is 0 Å². The van der Waals surface area contributed by atoms with Gasteiger partial charge >= 0.3 is 0 Å². The highest BCUT2D eigenvalue weighted by molar-refractivity contribution is 9.09. The molecule has 0 radical (unpaired) electrons. The fourth-order valence-electron chi connectivity index (χ4n) is 2.42. The number of benzene rings is 1. The minimum Gasteiger partial charge on any atom is -0.335 e. The number of halogens is 2. The number of nitro groups is 1. The molecule has 1 aromatic carbocycles. The van der Waals surface area contributed by atoms with Gasteiger partial charge in [0.05, 0.1) is 4.92 Å². The molecule has 1 atom stereocenters. The van der Waals surface area contributed by atoms with Crippen molar-refractivity contribution in [2.24, 2.45) is 0 Å². The molecule has 1 aromatic rings. The number of amides is 1. The third-order valence-corrected chi connectivity index (χ3v) is 4.44. The number of piperidine rings is 1. The van der Waals surface area contributed by atoms with Gasteiger partial charge in [0.1, 0.15) is 5.56 Å². The Bertz CT molecular complexity index is 538. The maximum Gasteiger partial charge on any atom is 0.283 e. The van der Waals surface area contributed by atoms with Crippen molar-refractivity contribution in [1.82, 2.24) is 4.90 Å². The number of carbonyl (C=O) groups is 1. The monoisotopic (exact) mass is 360 g/mol. The zero-order valence-corrected chi connectivity index (χ0v) is 13.1. The molecule has 0 spiro atoms. The highest BCUT2D eigenvalue weighted by Crippen LogP contribution is 2.27. The van der Waals surface area contributed by atoms with Crippen LogP contribution in [0, 0.1) is 10.1 Å². The Hall–Kier alpha value is -1.14. The van der Waals surface area contributed by atoms with Crippen LogP contribution in [0.15, 0.2) is 18.2 Å². The van der Waals surface area contributed by atoms with Gasteiger partial charge in [-0.25, -0.2) is 0 Å². The molecule has 1 aliphatic rings. The molecular weight excluding hydrogens is 348 g/mol. The van der Waals surface area contributed by atoms with Crippen LogP contribution in [0.25, 0.3) is 0 Å². The lowest BCUT2D eigenvalue weighted by molar-refractivity contribution is -0.385. The number of likely N-dealkylation sites (tertiary alicyclic amines) is 1. The highest BCUT2D eigenvalue weighted by atomic mass is 79.9. The van der Waals surface area contributed by atoms with Gasteiger partial charge in [0.15, 0.2) is 0 Å².